The number of fused-ring (bicyclic) bond motifs is 2. The maximum Gasteiger partial charge on any atom is 0.0730 e. The summed E-state index contributed by atoms with van der Waals surface area (Å²) in [5.74, 6) is 2.41. The summed E-state index contributed by atoms with van der Waals surface area (Å²) in [6.07, 6.45) is 8.32. The Morgan fingerprint density at radius 1 is 1.45 bits per heavy atom. The highest BCUT2D eigenvalue weighted by Crippen LogP contribution is 2.44. The molecule has 3 atom stereocenters. The van der Waals surface area contributed by atoms with Crippen LogP contribution in [-0.4, -0.2) is 4.99 Å². The van der Waals surface area contributed by atoms with E-state index in [-0.39, 0.29) is 0 Å². The summed E-state index contributed by atoms with van der Waals surface area (Å²) in [5, 5.41) is 0. The Morgan fingerprint density at radius 2 is 2.27 bits per heavy atom. The van der Waals surface area contributed by atoms with Gasteiger partial charge < -0.3 is 5.73 Å². The predicted octanol–water partition coefficient (Wildman–Crippen LogP) is 1.87. The molecule has 1 nitrogen and oxygen atoms in total. The van der Waals surface area contributed by atoms with Crippen molar-refractivity contribution in [2.24, 2.45) is 23.5 Å². The molecule has 1 fully saturated rings. The van der Waals surface area contributed by atoms with Crippen LogP contribution >= 0.6 is 12.2 Å². The topological polar surface area (TPSA) is 26.0 Å². The predicted molar refractivity (Wildman–Crippen MR) is 50.2 cm³/mol. The molecule has 1 saturated carbocycles. The third-order valence-corrected chi connectivity index (χ3v) is 3.05. The van der Waals surface area contributed by atoms with Gasteiger partial charge in [-0.05, 0) is 30.6 Å². The quantitative estimate of drug-likeness (QED) is 0.502. The van der Waals surface area contributed by atoms with E-state index in [2.05, 4.69) is 12.2 Å². The third-order valence-electron chi connectivity index (χ3n) is 2.88. The number of rotatable bonds is 2. The van der Waals surface area contributed by atoms with Gasteiger partial charge >= 0.3 is 0 Å². The van der Waals surface area contributed by atoms with Crippen molar-refractivity contribution in [3.05, 3.63) is 12.2 Å². The molecule has 2 rings (SSSR count). The molecule has 0 radical (unpaired) electrons. The molecule has 0 saturated heterocycles. The zero-order chi connectivity index (χ0) is 7.84. The van der Waals surface area contributed by atoms with E-state index in [1.807, 2.05) is 0 Å². The summed E-state index contributed by atoms with van der Waals surface area (Å²) >= 11 is 4.90. The van der Waals surface area contributed by atoms with E-state index in [1.165, 1.54) is 12.8 Å². The van der Waals surface area contributed by atoms with Gasteiger partial charge in [-0.25, -0.2) is 0 Å². The molecule has 2 aliphatic rings. The highest BCUT2D eigenvalue weighted by molar-refractivity contribution is 7.80. The first-order valence-corrected chi connectivity index (χ1v) is 4.63. The second kappa shape index (κ2) is 2.59. The van der Waals surface area contributed by atoms with Crippen LogP contribution in [0.2, 0.25) is 0 Å². The van der Waals surface area contributed by atoms with E-state index >= 15 is 0 Å². The third kappa shape index (κ3) is 1.32. The highest BCUT2D eigenvalue weighted by atomic mass is 32.1. The zero-order valence-corrected chi connectivity index (χ0v) is 7.31. The van der Waals surface area contributed by atoms with Crippen molar-refractivity contribution >= 4 is 17.2 Å². The smallest absolute Gasteiger partial charge is 0.0730 e. The number of nitrogens with two attached hydrogens (primary N) is 1. The summed E-state index contributed by atoms with van der Waals surface area (Å²) in [4.78, 5) is 0.691. The lowest BCUT2D eigenvalue weighted by molar-refractivity contribution is 0.466. The van der Waals surface area contributed by atoms with Crippen LogP contribution < -0.4 is 5.73 Å². The van der Waals surface area contributed by atoms with Gasteiger partial charge in [0.25, 0.3) is 0 Å². The van der Waals surface area contributed by atoms with Crippen LogP contribution in [0.5, 0.6) is 0 Å². The molecule has 0 aromatic heterocycles. The second-order valence-electron chi connectivity index (χ2n) is 3.71. The maximum atomic E-state index is 5.51. The van der Waals surface area contributed by atoms with Crippen molar-refractivity contribution in [3.63, 3.8) is 0 Å². The van der Waals surface area contributed by atoms with Crippen molar-refractivity contribution in [1.29, 1.82) is 0 Å². The highest BCUT2D eigenvalue weighted by Gasteiger charge is 2.35. The molecule has 0 amide bonds. The van der Waals surface area contributed by atoms with Crippen molar-refractivity contribution in [3.8, 4) is 0 Å². The Labute approximate surface area is 72.7 Å². The van der Waals surface area contributed by atoms with Crippen LogP contribution in [0.15, 0.2) is 12.2 Å². The normalized spacial score (nSPS) is 39.8. The van der Waals surface area contributed by atoms with Crippen LogP contribution in [0.25, 0.3) is 0 Å². The Kier molecular flexibility index (Phi) is 1.72. The van der Waals surface area contributed by atoms with Crippen molar-refractivity contribution < 1.29 is 0 Å². The van der Waals surface area contributed by atoms with E-state index < -0.39 is 0 Å². The monoisotopic (exact) mass is 167 g/mol. The number of hydrogen-bond acceptors (Lipinski definition) is 1. The van der Waals surface area contributed by atoms with Crippen LogP contribution in [0.1, 0.15) is 19.3 Å². The van der Waals surface area contributed by atoms with Crippen molar-refractivity contribution in [2.45, 2.75) is 19.3 Å². The fourth-order valence-electron chi connectivity index (χ4n) is 2.39. The van der Waals surface area contributed by atoms with Gasteiger partial charge in [0.2, 0.25) is 0 Å². The van der Waals surface area contributed by atoms with E-state index in [4.69, 9.17) is 18.0 Å². The van der Waals surface area contributed by atoms with Crippen LogP contribution in [0, 0.1) is 17.8 Å². The molecule has 60 valence electrons. The lowest BCUT2D eigenvalue weighted by Gasteiger charge is -2.16. The van der Waals surface area contributed by atoms with Crippen LogP contribution in [-0.2, 0) is 0 Å². The van der Waals surface area contributed by atoms with E-state index in [9.17, 15) is 0 Å². The van der Waals surface area contributed by atoms with Gasteiger partial charge in [0.1, 0.15) is 0 Å². The minimum absolute atomic E-state index is 0.691. The van der Waals surface area contributed by atoms with Gasteiger partial charge in [0.05, 0.1) is 4.99 Å². The number of allylic oxidation sites excluding steroid dienone is 2. The lowest BCUT2D eigenvalue weighted by Crippen LogP contribution is -2.17. The fraction of sp³-hybridized carbons (Fsp3) is 0.667. The first kappa shape index (κ1) is 7.29. The average Bonchev–Trinajstić information content (AvgIpc) is 2.45. The SMILES string of the molecule is NC(=S)CC1CC2C=CC1C2. The summed E-state index contributed by atoms with van der Waals surface area (Å²) < 4.78 is 0. The van der Waals surface area contributed by atoms with E-state index in [1.54, 1.807) is 0 Å². The van der Waals surface area contributed by atoms with Gasteiger partial charge in [0.15, 0.2) is 0 Å². The molecule has 0 aromatic rings. The molecule has 0 aliphatic heterocycles. The molecular weight excluding hydrogens is 154 g/mol. The number of hydrogen-bond donors (Lipinski definition) is 1. The zero-order valence-electron chi connectivity index (χ0n) is 6.49. The molecule has 3 unspecified atom stereocenters. The molecule has 11 heavy (non-hydrogen) atoms. The summed E-state index contributed by atoms with van der Waals surface area (Å²) in [6, 6.07) is 0. The molecule has 0 aromatic carbocycles. The number of thiocarbonyl (C=S) groups is 1. The van der Waals surface area contributed by atoms with E-state index in [0.29, 0.717) is 4.99 Å². The first-order valence-electron chi connectivity index (χ1n) is 4.22. The molecule has 2 bridgehead atoms. The Hall–Kier alpha value is -0.370. The fourth-order valence-corrected chi connectivity index (χ4v) is 2.60. The Morgan fingerprint density at radius 3 is 2.73 bits per heavy atom. The Bertz CT molecular complexity index is 210. The largest absolute Gasteiger partial charge is 0.393 e. The lowest BCUT2D eigenvalue weighted by atomic mass is 9.91. The van der Waals surface area contributed by atoms with Gasteiger partial charge in [-0.1, -0.05) is 24.4 Å². The summed E-state index contributed by atoms with van der Waals surface area (Å²) in [5.41, 5.74) is 5.51. The molecule has 2 heteroatoms. The summed E-state index contributed by atoms with van der Waals surface area (Å²) in [6.45, 7) is 0. The van der Waals surface area contributed by atoms with Gasteiger partial charge in [-0.3, -0.25) is 0 Å². The van der Waals surface area contributed by atoms with Gasteiger partial charge in [0, 0.05) is 6.42 Å². The minimum Gasteiger partial charge on any atom is -0.393 e. The standard InChI is InChI=1S/C9H13NS/c10-9(11)5-8-4-6-1-2-7(8)3-6/h1-2,6-8H,3-5H2,(H2,10,11). The van der Waals surface area contributed by atoms with Crippen LogP contribution in [0.4, 0.5) is 0 Å². The average molecular weight is 167 g/mol. The van der Waals surface area contributed by atoms with Crippen LogP contribution in [0.3, 0.4) is 0 Å². The maximum absolute atomic E-state index is 5.51. The van der Waals surface area contributed by atoms with E-state index in [0.717, 1.165) is 24.2 Å². The Balaban J connectivity index is 1.98. The van der Waals surface area contributed by atoms with Crippen molar-refractivity contribution in [2.75, 3.05) is 0 Å². The minimum atomic E-state index is 0.691. The molecule has 2 aliphatic carbocycles. The van der Waals surface area contributed by atoms with Gasteiger partial charge in [-0.15, -0.1) is 0 Å². The van der Waals surface area contributed by atoms with Gasteiger partial charge in [-0.2, -0.15) is 0 Å². The summed E-state index contributed by atoms with van der Waals surface area (Å²) in [7, 11) is 0. The molecule has 0 spiro atoms. The van der Waals surface area contributed by atoms with Crippen molar-refractivity contribution in [1.82, 2.24) is 0 Å². The molecule has 2 N–H and O–H groups in total. The molecule has 0 heterocycles. The second-order valence-corrected chi connectivity index (χ2v) is 4.24. The molecular formula is C9H13NS. The first-order chi connectivity index (χ1) is 5.25.